The second kappa shape index (κ2) is 5.48. The summed E-state index contributed by atoms with van der Waals surface area (Å²) in [7, 11) is -0.362. The van der Waals surface area contributed by atoms with E-state index in [-0.39, 0.29) is 18.3 Å². The molecule has 1 unspecified atom stereocenters. The molecule has 0 radical (unpaired) electrons. The molecule has 132 valence electrons. The normalized spacial score (nSPS) is 25.3. The van der Waals surface area contributed by atoms with Crippen LogP contribution in [0, 0.1) is 0 Å². The Hall–Kier alpha value is -1.56. The van der Waals surface area contributed by atoms with Crippen LogP contribution in [0.5, 0.6) is 0 Å². The third-order valence-corrected chi connectivity index (χ3v) is 7.39. The van der Waals surface area contributed by atoms with Gasteiger partial charge in [0.25, 0.3) is 0 Å². The predicted octanol–water partition coefficient (Wildman–Crippen LogP) is 4.57. The fraction of sp³-hybridized carbons (Fsp3) is 0.381. The lowest BCUT2D eigenvalue weighted by atomic mass is 9.75. The topological polar surface area (TPSA) is 31.4 Å². The van der Waals surface area contributed by atoms with Gasteiger partial charge in [-0.3, -0.25) is 4.98 Å². The average molecular weight is 363 g/mol. The second-order valence-corrected chi connectivity index (χ2v) is 9.40. The van der Waals surface area contributed by atoms with Crippen molar-refractivity contribution in [3.8, 4) is 0 Å². The van der Waals surface area contributed by atoms with E-state index in [0.717, 1.165) is 17.3 Å². The van der Waals surface area contributed by atoms with E-state index in [0.29, 0.717) is 5.92 Å². The van der Waals surface area contributed by atoms with E-state index >= 15 is 0 Å². The predicted molar refractivity (Wildman–Crippen MR) is 108 cm³/mol. The minimum atomic E-state index is -0.362. The fourth-order valence-electron chi connectivity index (χ4n) is 3.96. The van der Waals surface area contributed by atoms with E-state index in [1.807, 2.05) is 24.2 Å². The molecule has 1 atom stereocenters. The third kappa shape index (κ3) is 2.27. The molecule has 1 saturated heterocycles. The molecule has 1 aromatic carbocycles. The molecule has 3 nitrogen and oxygen atoms in total. The molecule has 5 rings (SSSR count). The summed E-state index contributed by atoms with van der Waals surface area (Å²) in [5, 5.41) is 2.47. The zero-order valence-corrected chi connectivity index (χ0v) is 16.4. The van der Waals surface area contributed by atoms with Gasteiger partial charge >= 0.3 is 7.12 Å². The zero-order chi connectivity index (χ0) is 18.1. The average Bonchev–Trinajstić information content (AvgIpc) is 2.83. The number of rotatable bonds is 1. The Morgan fingerprint density at radius 3 is 2.65 bits per heavy atom. The number of pyridine rings is 1. The lowest BCUT2D eigenvalue weighted by Gasteiger charge is -2.32. The maximum Gasteiger partial charge on any atom is 0.495 e. The van der Waals surface area contributed by atoms with Gasteiger partial charge in [0, 0.05) is 34.0 Å². The number of thioether (sulfide) groups is 1. The molecule has 0 amide bonds. The summed E-state index contributed by atoms with van der Waals surface area (Å²) in [6.45, 7) is 8.38. The van der Waals surface area contributed by atoms with Crippen molar-refractivity contribution >= 4 is 35.1 Å². The van der Waals surface area contributed by atoms with Gasteiger partial charge in [-0.1, -0.05) is 36.1 Å². The summed E-state index contributed by atoms with van der Waals surface area (Å²) in [4.78, 5) is 7.30. The number of aromatic nitrogens is 1. The molecule has 0 spiro atoms. The van der Waals surface area contributed by atoms with Crippen LogP contribution in [-0.4, -0.2) is 23.3 Å². The smallest absolute Gasteiger partial charge is 0.399 e. The maximum absolute atomic E-state index is 6.32. The SMILES string of the molecule is CC1(C)OB(c2ccc3c4c(cncc24)C2CC=CC=C2S3)OC1(C)C. The number of hydrogen-bond acceptors (Lipinski definition) is 4. The Kier molecular flexibility index (Phi) is 3.50. The molecule has 26 heavy (non-hydrogen) atoms. The van der Waals surface area contributed by atoms with Crippen molar-refractivity contribution in [2.45, 2.75) is 56.1 Å². The van der Waals surface area contributed by atoms with Gasteiger partial charge in [-0.2, -0.15) is 0 Å². The summed E-state index contributed by atoms with van der Waals surface area (Å²) < 4.78 is 12.6. The number of fused-ring (bicyclic) bond motifs is 2. The quantitative estimate of drug-likeness (QED) is 0.695. The molecule has 2 aromatic rings. The largest absolute Gasteiger partial charge is 0.495 e. The van der Waals surface area contributed by atoms with Crippen LogP contribution in [0.1, 0.15) is 45.6 Å². The molecule has 0 saturated carbocycles. The van der Waals surface area contributed by atoms with Crippen LogP contribution in [0.2, 0.25) is 0 Å². The Labute approximate surface area is 159 Å². The van der Waals surface area contributed by atoms with Crippen molar-refractivity contribution in [2.24, 2.45) is 0 Å². The Balaban J connectivity index is 1.67. The first kappa shape index (κ1) is 16.6. The Morgan fingerprint density at radius 2 is 1.88 bits per heavy atom. The van der Waals surface area contributed by atoms with Crippen molar-refractivity contribution < 1.29 is 9.31 Å². The van der Waals surface area contributed by atoms with Crippen molar-refractivity contribution in [1.29, 1.82) is 0 Å². The minimum Gasteiger partial charge on any atom is -0.399 e. The molecule has 3 heterocycles. The van der Waals surface area contributed by atoms with Gasteiger partial charge < -0.3 is 9.31 Å². The van der Waals surface area contributed by atoms with E-state index in [2.05, 4.69) is 63.0 Å². The van der Waals surface area contributed by atoms with Gasteiger partial charge in [-0.15, -0.1) is 0 Å². The molecule has 1 fully saturated rings. The number of hydrogen-bond donors (Lipinski definition) is 0. The van der Waals surface area contributed by atoms with Crippen molar-refractivity contribution in [3.63, 3.8) is 0 Å². The highest BCUT2D eigenvalue weighted by Gasteiger charge is 2.52. The highest BCUT2D eigenvalue weighted by Crippen LogP contribution is 2.50. The number of nitrogens with zero attached hydrogens (tertiary/aromatic N) is 1. The molecule has 0 N–H and O–H groups in total. The molecule has 2 aliphatic heterocycles. The van der Waals surface area contributed by atoms with Crippen LogP contribution < -0.4 is 5.46 Å². The Morgan fingerprint density at radius 1 is 1.12 bits per heavy atom. The fourth-order valence-corrected chi connectivity index (χ4v) is 5.19. The molecule has 3 aliphatic rings. The summed E-state index contributed by atoms with van der Waals surface area (Å²) in [6.07, 6.45) is 11.7. The number of allylic oxidation sites excluding steroid dienone is 4. The van der Waals surface area contributed by atoms with E-state index in [1.54, 1.807) is 0 Å². The molecule has 0 bridgehead atoms. The molecule has 1 aliphatic carbocycles. The van der Waals surface area contributed by atoms with E-state index in [9.17, 15) is 0 Å². The van der Waals surface area contributed by atoms with Crippen LogP contribution in [0.3, 0.4) is 0 Å². The summed E-state index contributed by atoms with van der Waals surface area (Å²) in [6, 6.07) is 4.37. The van der Waals surface area contributed by atoms with E-state index < -0.39 is 0 Å². The van der Waals surface area contributed by atoms with Crippen LogP contribution in [0.15, 0.2) is 52.6 Å². The lowest BCUT2D eigenvalue weighted by Crippen LogP contribution is -2.41. The molecular weight excluding hydrogens is 341 g/mol. The van der Waals surface area contributed by atoms with Crippen molar-refractivity contribution in [1.82, 2.24) is 4.98 Å². The van der Waals surface area contributed by atoms with Crippen LogP contribution in [0.25, 0.3) is 10.8 Å². The minimum absolute atomic E-state index is 0.344. The summed E-state index contributed by atoms with van der Waals surface area (Å²) in [5.41, 5.74) is 1.72. The molecule has 5 heteroatoms. The van der Waals surface area contributed by atoms with Crippen LogP contribution >= 0.6 is 11.8 Å². The van der Waals surface area contributed by atoms with Gasteiger partial charge in [-0.05, 0) is 56.1 Å². The first-order valence-electron chi connectivity index (χ1n) is 9.18. The second-order valence-electron chi connectivity index (χ2n) is 8.28. The first-order valence-corrected chi connectivity index (χ1v) is 10.00. The van der Waals surface area contributed by atoms with Gasteiger partial charge in [0.15, 0.2) is 0 Å². The van der Waals surface area contributed by atoms with Gasteiger partial charge in [-0.25, -0.2) is 0 Å². The Bertz CT molecular complexity index is 963. The summed E-state index contributed by atoms with van der Waals surface area (Å²) >= 11 is 1.88. The van der Waals surface area contributed by atoms with Crippen molar-refractivity contribution in [3.05, 3.63) is 53.2 Å². The maximum atomic E-state index is 6.32. The highest BCUT2D eigenvalue weighted by molar-refractivity contribution is 8.03. The van der Waals surface area contributed by atoms with Gasteiger partial charge in [0.1, 0.15) is 0 Å². The summed E-state index contributed by atoms with van der Waals surface area (Å²) in [5.74, 6) is 0.419. The molecular formula is C21H22BNO2S. The highest BCUT2D eigenvalue weighted by atomic mass is 32.2. The van der Waals surface area contributed by atoms with Crippen LogP contribution in [0.4, 0.5) is 0 Å². The monoisotopic (exact) mass is 363 g/mol. The van der Waals surface area contributed by atoms with Gasteiger partial charge in [0.05, 0.1) is 11.2 Å². The molecule has 1 aromatic heterocycles. The van der Waals surface area contributed by atoms with E-state index in [4.69, 9.17) is 9.31 Å². The number of benzene rings is 1. The third-order valence-electron chi connectivity index (χ3n) is 6.17. The van der Waals surface area contributed by atoms with Crippen LogP contribution in [-0.2, 0) is 9.31 Å². The van der Waals surface area contributed by atoms with Crippen molar-refractivity contribution in [2.75, 3.05) is 0 Å². The standard InChI is InChI=1S/C21H22BNO2S/c1-20(2)21(3,4)25-22(24-20)16-9-10-18-19-14(11-23-12-15(16)19)13-7-5-6-8-17(13)26-18/h5-6,8-13H,7H2,1-4H3. The van der Waals surface area contributed by atoms with Gasteiger partial charge in [0.2, 0.25) is 0 Å². The lowest BCUT2D eigenvalue weighted by molar-refractivity contribution is 0.00578. The first-order chi connectivity index (χ1) is 12.4. The van der Waals surface area contributed by atoms with E-state index in [1.165, 1.54) is 20.8 Å². The zero-order valence-electron chi connectivity index (χ0n) is 15.6.